The Morgan fingerprint density at radius 1 is 1.14 bits per heavy atom. The Hall–Kier alpha value is -1.93. The zero-order valence-electron chi connectivity index (χ0n) is 16.7. The first-order chi connectivity index (χ1) is 13.6. The second-order valence-electron chi connectivity index (χ2n) is 8.03. The van der Waals surface area contributed by atoms with Crippen LogP contribution in [0.1, 0.15) is 44.4 Å². The van der Waals surface area contributed by atoms with Crippen molar-refractivity contribution in [3.63, 3.8) is 0 Å². The highest BCUT2D eigenvalue weighted by atomic mass is 32.1. The van der Waals surface area contributed by atoms with Crippen molar-refractivity contribution < 1.29 is 18.0 Å². The molecule has 8 heteroatoms. The fourth-order valence-electron chi connectivity index (χ4n) is 3.48. The van der Waals surface area contributed by atoms with E-state index in [2.05, 4.69) is 29.0 Å². The zero-order valence-corrected chi connectivity index (χ0v) is 17.5. The number of amides is 1. The number of nitrogens with zero attached hydrogens (tertiary/aromatic N) is 2. The first-order valence-corrected chi connectivity index (χ1v) is 10.7. The minimum atomic E-state index is -4.35. The molecule has 1 aromatic carbocycles. The summed E-state index contributed by atoms with van der Waals surface area (Å²) in [7, 11) is 0. The predicted molar refractivity (Wildman–Crippen MR) is 109 cm³/mol. The quantitative estimate of drug-likeness (QED) is 0.726. The Kier molecular flexibility index (Phi) is 6.63. The topological polar surface area (TPSA) is 45.2 Å². The summed E-state index contributed by atoms with van der Waals surface area (Å²) in [4.78, 5) is 19.2. The van der Waals surface area contributed by atoms with Gasteiger partial charge in [-0.2, -0.15) is 13.2 Å². The van der Waals surface area contributed by atoms with Gasteiger partial charge in [-0.05, 0) is 51.9 Å². The summed E-state index contributed by atoms with van der Waals surface area (Å²) in [5.74, 6) is -0.0978. The number of thiazole rings is 1. The van der Waals surface area contributed by atoms with E-state index in [-0.39, 0.29) is 17.9 Å². The molecule has 4 nitrogen and oxygen atoms in total. The first-order valence-electron chi connectivity index (χ1n) is 9.79. The van der Waals surface area contributed by atoms with Gasteiger partial charge < -0.3 is 5.32 Å². The molecule has 0 atom stereocenters. The highest BCUT2D eigenvalue weighted by Crippen LogP contribution is 2.31. The van der Waals surface area contributed by atoms with Crippen LogP contribution in [-0.4, -0.2) is 41.0 Å². The largest absolute Gasteiger partial charge is 0.416 e. The second kappa shape index (κ2) is 8.83. The summed E-state index contributed by atoms with van der Waals surface area (Å²) >= 11 is 1.32. The summed E-state index contributed by atoms with van der Waals surface area (Å²) < 4.78 is 38.1. The van der Waals surface area contributed by atoms with Crippen molar-refractivity contribution in [3.8, 4) is 10.6 Å². The van der Waals surface area contributed by atoms with E-state index in [1.165, 1.54) is 42.7 Å². The van der Waals surface area contributed by atoms with Gasteiger partial charge in [-0.15, -0.1) is 11.3 Å². The first kappa shape index (κ1) is 21.8. The Bertz CT molecular complexity index is 824. The van der Waals surface area contributed by atoms with Crippen LogP contribution in [0.3, 0.4) is 0 Å². The monoisotopic (exact) mass is 425 g/mol. The molecular formula is C21H26F3N3OS. The molecule has 1 fully saturated rings. The number of halogens is 3. The molecule has 1 aliphatic rings. The highest BCUT2D eigenvalue weighted by molar-refractivity contribution is 7.13. The number of benzene rings is 1. The fourth-order valence-corrected chi connectivity index (χ4v) is 4.30. The lowest BCUT2D eigenvalue weighted by Crippen LogP contribution is -2.53. The van der Waals surface area contributed by atoms with Gasteiger partial charge in [0.05, 0.1) is 17.7 Å². The van der Waals surface area contributed by atoms with E-state index in [0.717, 1.165) is 25.2 Å². The molecule has 1 amide bonds. The molecule has 1 aromatic heterocycles. The average molecular weight is 426 g/mol. The summed E-state index contributed by atoms with van der Waals surface area (Å²) in [5, 5.41) is 5.39. The van der Waals surface area contributed by atoms with Crippen LogP contribution in [0.15, 0.2) is 29.6 Å². The average Bonchev–Trinajstić information content (AvgIpc) is 3.15. The van der Waals surface area contributed by atoms with Crippen LogP contribution in [0.4, 0.5) is 13.2 Å². The molecule has 2 aromatic rings. The van der Waals surface area contributed by atoms with Crippen molar-refractivity contribution in [3.05, 3.63) is 40.9 Å². The van der Waals surface area contributed by atoms with Crippen LogP contribution in [0.5, 0.6) is 0 Å². The van der Waals surface area contributed by atoms with Gasteiger partial charge in [0.25, 0.3) is 0 Å². The van der Waals surface area contributed by atoms with Crippen molar-refractivity contribution in [2.24, 2.45) is 0 Å². The van der Waals surface area contributed by atoms with E-state index in [1.807, 2.05) is 0 Å². The van der Waals surface area contributed by atoms with Crippen molar-refractivity contribution in [2.75, 3.05) is 19.6 Å². The number of nitrogens with one attached hydrogen (secondary N) is 1. The van der Waals surface area contributed by atoms with Crippen LogP contribution in [0, 0.1) is 0 Å². The standard InChI is InChI=1S/C21H26F3N3OS/c1-20(2,27-10-4-3-5-11-27)14-25-18(28)12-17-13-29-19(26-17)15-6-8-16(9-7-15)21(22,23)24/h6-9,13H,3-5,10-12,14H2,1-2H3,(H,25,28). The third-order valence-corrected chi connectivity index (χ3v) is 6.22. The zero-order chi connectivity index (χ0) is 21.1. The van der Waals surface area contributed by atoms with Crippen molar-refractivity contribution >= 4 is 17.2 Å². The minimum Gasteiger partial charge on any atom is -0.354 e. The second-order valence-corrected chi connectivity index (χ2v) is 8.89. The number of alkyl halides is 3. The van der Waals surface area contributed by atoms with Gasteiger partial charge in [0.15, 0.2) is 0 Å². The maximum Gasteiger partial charge on any atom is 0.416 e. The predicted octanol–water partition coefficient (Wildman–Crippen LogP) is 4.75. The molecule has 0 bridgehead atoms. The Morgan fingerprint density at radius 3 is 2.41 bits per heavy atom. The third kappa shape index (κ3) is 5.79. The molecule has 29 heavy (non-hydrogen) atoms. The van der Waals surface area contributed by atoms with Gasteiger partial charge in [-0.3, -0.25) is 9.69 Å². The molecule has 3 rings (SSSR count). The fraction of sp³-hybridized carbons (Fsp3) is 0.524. The van der Waals surface area contributed by atoms with Crippen LogP contribution in [-0.2, 0) is 17.4 Å². The smallest absolute Gasteiger partial charge is 0.354 e. The lowest BCUT2D eigenvalue weighted by Gasteiger charge is -2.41. The number of carbonyl (C=O) groups excluding carboxylic acids is 1. The number of aromatic nitrogens is 1. The number of hydrogen-bond acceptors (Lipinski definition) is 4. The van der Waals surface area contributed by atoms with Crippen molar-refractivity contribution in [1.29, 1.82) is 0 Å². The van der Waals surface area contributed by atoms with Gasteiger partial charge in [0, 0.05) is 23.0 Å². The number of likely N-dealkylation sites (tertiary alicyclic amines) is 1. The maximum atomic E-state index is 12.7. The van der Waals surface area contributed by atoms with Gasteiger partial charge >= 0.3 is 6.18 Å². The molecule has 0 spiro atoms. The Labute approximate surface area is 173 Å². The van der Waals surface area contributed by atoms with Crippen LogP contribution in [0.2, 0.25) is 0 Å². The molecule has 1 N–H and O–H groups in total. The molecule has 0 radical (unpaired) electrons. The van der Waals surface area contributed by atoms with Gasteiger partial charge in [0.1, 0.15) is 5.01 Å². The Balaban J connectivity index is 1.55. The minimum absolute atomic E-state index is 0.0937. The van der Waals surface area contributed by atoms with E-state index < -0.39 is 11.7 Å². The van der Waals surface area contributed by atoms with Crippen molar-refractivity contribution in [1.82, 2.24) is 15.2 Å². The lowest BCUT2D eigenvalue weighted by atomic mass is 9.98. The maximum absolute atomic E-state index is 12.7. The van der Waals surface area contributed by atoms with E-state index in [4.69, 9.17) is 0 Å². The van der Waals surface area contributed by atoms with Gasteiger partial charge in [-0.25, -0.2) is 4.98 Å². The highest BCUT2D eigenvalue weighted by Gasteiger charge is 2.30. The number of piperidine rings is 1. The summed E-state index contributed by atoms with van der Waals surface area (Å²) in [6.07, 6.45) is -0.532. The normalized spacial score (nSPS) is 16.0. The molecule has 2 heterocycles. The van der Waals surface area contributed by atoms with Crippen LogP contribution in [0.25, 0.3) is 10.6 Å². The molecule has 158 valence electrons. The van der Waals surface area contributed by atoms with E-state index in [1.54, 1.807) is 5.38 Å². The summed E-state index contributed by atoms with van der Waals surface area (Å²) in [6.45, 7) is 6.98. The number of hydrogen-bond donors (Lipinski definition) is 1. The van der Waals surface area contributed by atoms with Crippen LogP contribution >= 0.6 is 11.3 Å². The van der Waals surface area contributed by atoms with E-state index in [9.17, 15) is 18.0 Å². The molecule has 1 saturated heterocycles. The van der Waals surface area contributed by atoms with Gasteiger partial charge in [0.2, 0.25) is 5.91 Å². The molecule has 0 saturated carbocycles. The Morgan fingerprint density at radius 2 is 1.79 bits per heavy atom. The third-order valence-electron chi connectivity index (χ3n) is 5.28. The summed E-state index contributed by atoms with van der Waals surface area (Å²) in [5.41, 5.74) is 0.455. The van der Waals surface area contributed by atoms with E-state index in [0.29, 0.717) is 22.8 Å². The number of rotatable bonds is 6. The lowest BCUT2D eigenvalue weighted by molar-refractivity contribution is -0.137. The number of carbonyl (C=O) groups is 1. The molecule has 0 aliphatic carbocycles. The van der Waals surface area contributed by atoms with Crippen LogP contribution < -0.4 is 5.32 Å². The molecular weight excluding hydrogens is 399 g/mol. The molecule has 0 unspecified atom stereocenters. The van der Waals surface area contributed by atoms with Crippen molar-refractivity contribution in [2.45, 2.75) is 51.2 Å². The van der Waals surface area contributed by atoms with E-state index >= 15 is 0 Å². The van der Waals surface area contributed by atoms with Gasteiger partial charge in [-0.1, -0.05) is 18.6 Å². The SMILES string of the molecule is CC(C)(CNC(=O)Cc1csc(-c2ccc(C(F)(F)F)cc2)n1)N1CCCCC1. The summed E-state index contributed by atoms with van der Waals surface area (Å²) in [6, 6.07) is 4.91. The molecule has 1 aliphatic heterocycles.